The van der Waals surface area contributed by atoms with Crippen molar-refractivity contribution >= 4 is 0 Å². The first-order valence-electron chi connectivity index (χ1n) is 6.33. The number of rotatable bonds is 2. The Morgan fingerprint density at radius 3 is 2.94 bits per heavy atom. The lowest BCUT2D eigenvalue weighted by molar-refractivity contribution is 0.0493. The van der Waals surface area contributed by atoms with Crippen molar-refractivity contribution in [1.82, 2.24) is 9.88 Å². The van der Waals surface area contributed by atoms with Crippen molar-refractivity contribution in [2.75, 3.05) is 13.1 Å². The number of pyridine rings is 1. The van der Waals surface area contributed by atoms with Crippen molar-refractivity contribution in [3.8, 4) is 0 Å². The van der Waals surface area contributed by atoms with Gasteiger partial charge in [0, 0.05) is 48.7 Å². The molecule has 1 aliphatic heterocycles. The fraction of sp³-hybridized carbons (Fsp3) is 0.615. The number of hydrogen-bond donors (Lipinski definition) is 3. The number of likely N-dealkylation sites (tertiary alicyclic amines) is 1. The molecule has 0 radical (unpaired) electrons. The van der Waals surface area contributed by atoms with Gasteiger partial charge in [0.05, 0.1) is 6.10 Å². The van der Waals surface area contributed by atoms with Gasteiger partial charge in [-0.3, -0.25) is 9.69 Å². The molecule has 2 rings (SSSR count). The fourth-order valence-electron chi connectivity index (χ4n) is 2.35. The zero-order valence-electron chi connectivity index (χ0n) is 10.9. The molecule has 0 unspecified atom stereocenters. The lowest BCUT2D eigenvalue weighted by Gasteiger charge is -2.34. The standard InChI is InChI=1S/C13H21N3O2/c1-8-5-15-11(9(2)13(8)18)6-16-4-3-10(14)12(17)7-16/h5,10,12,17H,3-4,6-7,14H2,1-2H3,(H,15,18)/t10-,12-/m1/s1. The molecule has 0 aliphatic carbocycles. The molecule has 100 valence electrons. The van der Waals surface area contributed by atoms with E-state index in [2.05, 4.69) is 9.88 Å². The van der Waals surface area contributed by atoms with Gasteiger partial charge in [0.15, 0.2) is 5.43 Å². The van der Waals surface area contributed by atoms with Crippen LogP contribution in [0, 0.1) is 13.8 Å². The van der Waals surface area contributed by atoms with Crippen LogP contribution in [0.1, 0.15) is 23.2 Å². The number of aliphatic hydroxyl groups excluding tert-OH is 1. The number of nitrogens with two attached hydrogens (primary N) is 1. The summed E-state index contributed by atoms with van der Waals surface area (Å²) in [5.41, 5.74) is 8.29. The third kappa shape index (κ3) is 2.63. The number of nitrogens with zero attached hydrogens (tertiary/aromatic N) is 1. The molecule has 5 heteroatoms. The molecule has 2 heterocycles. The van der Waals surface area contributed by atoms with E-state index in [1.165, 1.54) is 0 Å². The van der Waals surface area contributed by atoms with E-state index in [-0.39, 0.29) is 11.5 Å². The third-order valence-corrected chi connectivity index (χ3v) is 3.71. The van der Waals surface area contributed by atoms with Crippen LogP contribution in [0.4, 0.5) is 0 Å². The largest absolute Gasteiger partial charge is 0.390 e. The average Bonchev–Trinajstić information content (AvgIpc) is 2.34. The molecule has 1 aromatic rings. The molecule has 0 amide bonds. The van der Waals surface area contributed by atoms with Gasteiger partial charge >= 0.3 is 0 Å². The molecule has 0 saturated carbocycles. The van der Waals surface area contributed by atoms with Gasteiger partial charge in [0.1, 0.15) is 0 Å². The predicted molar refractivity (Wildman–Crippen MR) is 70.4 cm³/mol. The summed E-state index contributed by atoms with van der Waals surface area (Å²) in [4.78, 5) is 17.1. The maximum absolute atomic E-state index is 11.8. The van der Waals surface area contributed by atoms with Crippen LogP contribution in [-0.4, -0.2) is 40.2 Å². The summed E-state index contributed by atoms with van der Waals surface area (Å²) in [6.07, 6.45) is 2.06. The number of aromatic amines is 1. The van der Waals surface area contributed by atoms with Crippen molar-refractivity contribution in [2.24, 2.45) is 5.73 Å². The van der Waals surface area contributed by atoms with Crippen LogP contribution < -0.4 is 11.2 Å². The summed E-state index contributed by atoms with van der Waals surface area (Å²) in [6.45, 7) is 5.72. The second kappa shape index (κ2) is 5.22. The molecule has 5 nitrogen and oxygen atoms in total. The Morgan fingerprint density at radius 2 is 2.28 bits per heavy atom. The van der Waals surface area contributed by atoms with Crippen molar-refractivity contribution in [3.63, 3.8) is 0 Å². The Morgan fingerprint density at radius 1 is 1.56 bits per heavy atom. The molecule has 1 fully saturated rings. The minimum atomic E-state index is -0.476. The third-order valence-electron chi connectivity index (χ3n) is 3.71. The van der Waals surface area contributed by atoms with E-state index in [1.54, 1.807) is 13.1 Å². The van der Waals surface area contributed by atoms with E-state index < -0.39 is 6.10 Å². The van der Waals surface area contributed by atoms with Gasteiger partial charge in [0.2, 0.25) is 0 Å². The smallest absolute Gasteiger partial charge is 0.187 e. The molecular formula is C13H21N3O2. The summed E-state index contributed by atoms with van der Waals surface area (Å²) in [5, 5.41) is 9.76. The highest BCUT2D eigenvalue weighted by Crippen LogP contribution is 2.13. The van der Waals surface area contributed by atoms with E-state index in [0.717, 1.165) is 29.8 Å². The van der Waals surface area contributed by atoms with E-state index >= 15 is 0 Å². The van der Waals surface area contributed by atoms with Crippen molar-refractivity contribution in [2.45, 2.75) is 39.0 Å². The molecule has 0 spiro atoms. The Balaban J connectivity index is 2.11. The second-order valence-electron chi connectivity index (χ2n) is 5.16. The predicted octanol–water partition coefficient (Wildman–Crippen LogP) is -0.114. The Labute approximate surface area is 107 Å². The summed E-state index contributed by atoms with van der Waals surface area (Å²) < 4.78 is 0. The molecule has 18 heavy (non-hydrogen) atoms. The van der Waals surface area contributed by atoms with Crippen LogP contribution in [0.15, 0.2) is 11.0 Å². The van der Waals surface area contributed by atoms with Crippen LogP contribution >= 0.6 is 0 Å². The fourth-order valence-corrected chi connectivity index (χ4v) is 2.35. The van der Waals surface area contributed by atoms with Crippen molar-refractivity contribution in [3.05, 3.63) is 33.2 Å². The first-order valence-corrected chi connectivity index (χ1v) is 6.33. The van der Waals surface area contributed by atoms with Crippen LogP contribution in [0.3, 0.4) is 0 Å². The number of hydrogen-bond acceptors (Lipinski definition) is 4. The Bertz CT molecular complexity index is 484. The summed E-state index contributed by atoms with van der Waals surface area (Å²) in [7, 11) is 0. The Hall–Kier alpha value is -1.17. The molecule has 0 aromatic carbocycles. The molecule has 1 aliphatic rings. The number of aliphatic hydroxyl groups is 1. The van der Waals surface area contributed by atoms with Gasteiger partial charge in [0.25, 0.3) is 0 Å². The number of aryl methyl sites for hydroxylation is 1. The molecule has 1 saturated heterocycles. The van der Waals surface area contributed by atoms with Gasteiger partial charge in [-0.15, -0.1) is 0 Å². The lowest BCUT2D eigenvalue weighted by atomic mass is 10.0. The highest BCUT2D eigenvalue weighted by atomic mass is 16.3. The topological polar surface area (TPSA) is 82.3 Å². The van der Waals surface area contributed by atoms with Crippen LogP contribution in [0.2, 0.25) is 0 Å². The maximum Gasteiger partial charge on any atom is 0.187 e. The number of aromatic nitrogens is 1. The van der Waals surface area contributed by atoms with E-state index in [4.69, 9.17) is 5.73 Å². The Kier molecular flexibility index (Phi) is 3.85. The molecule has 0 bridgehead atoms. The number of nitrogens with one attached hydrogen (secondary N) is 1. The maximum atomic E-state index is 11.8. The van der Waals surface area contributed by atoms with Crippen molar-refractivity contribution in [1.29, 1.82) is 0 Å². The summed E-state index contributed by atoms with van der Waals surface area (Å²) in [6, 6.07) is -0.126. The normalized spacial score (nSPS) is 25.3. The number of β-amino-alcohol motifs (C(OH)–C–C–N with tert-alkyl or cyclic N) is 1. The highest BCUT2D eigenvalue weighted by molar-refractivity contribution is 5.23. The zero-order chi connectivity index (χ0) is 13.3. The minimum Gasteiger partial charge on any atom is -0.390 e. The van der Waals surface area contributed by atoms with Crippen LogP contribution in [-0.2, 0) is 6.54 Å². The van der Waals surface area contributed by atoms with Crippen molar-refractivity contribution < 1.29 is 5.11 Å². The van der Waals surface area contributed by atoms with Gasteiger partial charge in [-0.05, 0) is 20.3 Å². The quantitative estimate of drug-likeness (QED) is 0.684. The van der Waals surface area contributed by atoms with E-state index in [1.807, 2.05) is 6.92 Å². The molecule has 4 N–H and O–H groups in total. The van der Waals surface area contributed by atoms with Gasteiger partial charge in [-0.25, -0.2) is 0 Å². The minimum absolute atomic E-state index is 0.0954. The number of piperidine rings is 1. The molecule has 2 atom stereocenters. The summed E-state index contributed by atoms with van der Waals surface area (Å²) in [5.74, 6) is 0. The molecular weight excluding hydrogens is 230 g/mol. The van der Waals surface area contributed by atoms with E-state index in [0.29, 0.717) is 13.1 Å². The number of H-pyrrole nitrogens is 1. The van der Waals surface area contributed by atoms with E-state index in [9.17, 15) is 9.90 Å². The molecule has 1 aromatic heterocycles. The zero-order valence-corrected chi connectivity index (χ0v) is 10.9. The van der Waals surface area contributed by atoms with Gasteiger partial charge < -0.3 is 15.8 Å². The van der Waals surface area contributed by atoms with Gasteiger partial charge in [-0.2, -0.15) is 0 Å². The van der Waals surface area contributed by atoms with Crippen LogP contribution in [0.5, 0.6) is 0 Å². The summed E-state index contributed by atoms with van der Waals surface area (Å²) >= 11 is 0. The lowest BCUT2D eigenvalue weighted by Crippen LogP contribution is -2.50. The van der Waals surface area contributed by atoms with Crippen LogP contribution in [0.25, 0.3) is 0 Å². The monoisotopic (exact) mass is 251 g/mol. The SMILES string of the molecule is Cc1c[nH]c(CN2CC[C@@H](N)[C@H](O)C2)c(C)c1=O. The average molecular weight is 251 g/mol. The first kappa shape index (κ1) is 13.3. The highest BCUT2D eigenvalue weighted by Gasteiger charge is 2.25. The van der Waals surface area contributed by atoms with Gasteiger partial charge in [-0.1, -0.05) is 0 Å². The first-order chi connectivity index (χ1) is 8.49. The second-order valence-corrected chi connectivity index (χ2v) is 5.16.